The van der Waals surface area contributed by atoms with Gasteiger partial charge in [0.1, 0.15) is 18.3 Å². The first kappa shape index (κ1) is 31.7. The number of para-hydroxylation sites is 1. The second kappa shape index (κ2) is 15.2. The number of hydrogen-bond acceptors (Lipinski definition) is 5. The van der Waals surface area contributed by atoms with Gasteiger partial charge in [0.15, 0.2) is 0 Å². The van der Waals surface area contributed by atoms with E-state index in [2.05, 4.69) is 5.32 Å². The number of aryl methyl sites for hydroxylation is 1. The minimum Gasteiger partial charge on any atom is -0.497 e. The molecule has 0 radical (unpaired) electrons. The Labute approximate surface area is 244 Å². The molecule has 220 valence electrons. The number of carbonyl (C=O) groups is 2. The smallest absolute Gasteiger partial charge is 0.244 e. The van der Waals surface area contributed by atoms with Crippen LogP contribution in [0, 0.1) is 0 Å². The zero-order chi connectivity index (χ0) is 29.8. The number of unbranched alkanes of at least 4 members (excludes halogenated alkanes) is 1. The molecule has 3 aromatic rings. The SMILES string of the molecule is CCCCNC(=O)C(Cc1ccccc1)N(Cc1cccc(OC)c1)C(=O)CN(c1ccccc1CC)S(C)(=O)=O. The average Bonchev–Trinajstić information content (AvgIpc) is 2.97. The van der Waals surface area contributed by atoms with E-state index in [0.717, 1.165) is 40.1 Å². The normalized spacial score (nSPS) is 11.9. The van der Waals surface area contributed by atoms with Gasteiger partial charge < -0.3 is 15.0 Å². The Hall–Kier alpha value is -3.85. The summed E-state index contributed by atoms with van der Waals surface area (Å²) in [6.45, 7) is 4.13. The standard InChI is InChI=1S/C32H41N3O5S/c1-5-7-20-33-32(37)30(22-25-14-9-8-10-15-25)34(23-26-16-13-18-28(21-26)40-3)31(36)24-35(41(4,38)39)29-19-12-11-17-27(29)6-2/h8-19,21,30H,5-7,20,22-24H2,1-4H3,(H,33,37). The van der Waals surface area contributed by atoms with E-state index in [-0.39, 0.29) is 18.9 Å². The van der Waals surface area contributed by atoms with Crippen LogP contribution in [0.1, 0.15) is 43.4 Å². The summed E-state index contributed by atoms with van der Waals surface area (Å²) in [5.74, 6) is -0.134. The van der Waals surface area contributed by atoms with Gasteiger partial charge in [0, 0.05) is 19.5 Å². The van der Waals surface area contributed by atoms with Crippen LogP contribution in [0.5, 0.6) is 5.75 Å². The fourth-order valence-corrected chi connectivity index (χ4v) is 5.56. The van der Waals surface area contributed by atoms with Gasteiger partial charge in [-0.1, -0.05) is 80.9 Å². The molecule has 8 nitrogen and oxygen atoms in total. The summed E-state index contributed by atoms with van der Waals surface area (Å²) in [6.07, 6.45) is 3.69. The number of carbonyl (C=O) groups excluding carboxylic acids is 2. The van der Waals surface area contributed by atoms with Crippen LogP contribution in [0.25, 0.3) is 0 Å². The third-order valence-electron chi connectivity index (χ3n) is 6.91. The molecular weight excluding hydrogens is 538 g/mol. The summed E-state index contributed by atoms with van der Waals surface area (Å²) in [6, 6.07) is 23.1. The molecule has 2 amide bonds. The van der Waals surface area contributed by atoms with E-state index >= 15 is 0 Å². The zero-order valence-corrected chi connectivity index (χ0v) is 25.2. The van der Waals surface area contributed by atoms with Gasteiger partial charge in [0.25, 0.3) is 0 Å². The number of benzene rings is 3. The maximum Gasteiger partial charge on any atom is 0.244 e. The fourth-order valence-electron chi connectivity index (χ4n) is 4.68. The third-order valence-corrected chi connectivity index (χ3v) is 8.03. The lowest BCUT2D eigenvalue weighted by Gasteiger charge is -2.34. The summed E-state index contributed by atoms with van der Waals surface area (Å²) in [4.78, 5) is 29.4. The van der Waals surface area contributed by atoms with Crippen LogP contribution in [0.3, 0.4) is 0 Å². The van der Waals surface area contributed by atoms with E-state index in [1.165, 1.54) is 4.90 Å². The van der Waals surface area contributed by atoms with Crippen LogP contribution in [0.4, 0.5) is 5.69 Å². The van der Waals surface area contributed by atoms with Crippen LogP contribution in [0.2, 0.25) is 0 Å². The highest BCUT2D eigenvalue weighted by molar-refractivity contribution is 7.92. The zero-order valence-electron chi connectivity index (χ0n) is 24.4. The number of nitrogens with zero attached hydrogens (tertiary/aromatic N) is 2. The Morgan fingerprint density at radius 3 is 2.27 bits per heavy atom. The summed E-state index contributed by atoms with van der Waals surface area (Å²) < 4.78 is 32.6. The van der Waals surface area contributed by atoms with Crippen molar-refractivity contribution in [3.05, 3.63) is 95.6 Å². The predicted molar refractivity (Wildman–Crippen MR) is 163 cm³/mol. The van der Waals surface area contributed by atoms with Crippen molar-refractivity contribution in [3.63, 3.8) is 0 Å². The van der Waals surface area contributed by atoms with Gasteiger partial charge in [0.05, 0.1) is 19.1 Å². The molecule has 0 bridgehead atoms. The lowest BCUT2D eigenvalue weighted by Crippen LogP contribution is -2.53. The molecule has 3 aromatic carbocycles. The van der Waals surface area contributed by atoms with Crippen molar-refractivity contribution >= 4 is 27.5 Å². The van der Waals surface area contributed by atoms with Crippen molar-refractivity contribution in [1.29, 1.82) is 0 Å². The predicted octanol–water partition coefficient (Wildman–Crippen LogP) is 4.58. The molecule has 0 saturated heterocycles. The van der Waals surface area contributed by atoms with Crippen molar-refractivity contribution in [2.45, 2.75) is 52.1 Å². The molecule has 0 aliphatic heterocycles. The Bertz CT molecular complexity index is 1400. The van der Waals surface area contributed by atoms with Crippen LogP contribution >= 0.6 is 0 Å². The van der Waals surface area contributed by atoms with Gasteiger partial charge in [-0.2, -0.15) is 0 Å². The lowest BCUT2D eigenvalue weighted by molar-refractivity contribution is -0.140. The minimum atomic E-state index is -3.82. The Morgan fingerprint density at radius 2 is 1.61 bits per heavy atom. The first-order valence-electron chi connectivity index (χ1n) is 14.0. The Kier molecular flexibility index (Phi) is 11.8. The number of sulfonamides is 1. The van der Waals surface area contributed by atoms with Crippen molar-refractivity contribution in [1.82, 2.24) is 10.2 Å². The largest absolute Gasteiger partial charge is 0.497 e. The minimum absolute atomic E-state index is 0.0990. The molecule has 9 heteroatoms. The van der Waals surface area contributed by atoms with E-state index in [0.29, 0.717) is 24.4 Å². The van der Waals surface area contributed by atoms with Crippen molar-refractivity contribution in [3.8, 4) is 5.75 Å². The number of ether oxygens (including phenoxy) is 1. The summed E-state index contributed by atoms with van der Waals surface area (Å²) in [5, 5.41) is 2.99. The molecule has 0 saturated carbocycles. The summed E-state index contributed by atoms with van der Waals surface area (Å²) >= 11 is 0. The molecule has 41 heavy (non-hydrogen) atoms. The Balaban J connectivity index is 2.07. The molecule has 1 unspecified atom stereocenters. The van der Waals surface area contributed by atoms with Crippen LogP contribution < -0.4 is 14.4 Å². The molecule has 0 heterocycles. The van der Waals surface area contributed by atoms with Gasteiger partial charge in [-0.25, -0.2) is 8.42 Å². The van der Waals surface area contributed by atoms with Gasteiger partial charge >= 0.3 is 0 Å². The third kappa shape index (κ3) is 9.08. The maximum atomic E-state index is 14.2. The monoisotopic (exact) mass is 579 g/mol. The van der Waals surface area contributed by atoms with E-state index in [4.69, 9.17) is 4.74 Å². The highest BCUT2D eigenvalue weighted by Crippen LogP contribution is 2.25. The molecule has 0 aliphatic carbocycles. The molecule has 0 aromatic heterocycles. The molecule has 0 fully saturated rings. The average molecular weight is 580 g/mol. The molecule has 1 atom stereocenters. The highest BCUT2D eigenvalue weighted by Gasteiger charge is 2.33. The molecule has 0 spiro atoms. The van der Waals surface area contributed by atoms with E-state index in [1.54, 1.807) is 19.2 Å². The molecule has 1 N–H and O–H groups in total. The lowest BCUT2D eigenvalue weighted by atomic mass is 10.0. The van der Waals surface area contributed by atoms with Gasteiger partial charge in [0.2, 0.25) is 21.8 Å². The molecular formula is C32H41N3O5S. The maximum absolute atomic E-state index is 14.2. The van der Waals surface area contributed by atoms with Gasteiger partial charge in [-0.05, 0) is 47.7 Å². The quantitative estimate of drug-likeness (QED) is 0.266. The molecule has 0 aliphatic rings. The van der Waals surface area contributed by atoms with E-state index in [1.807, 2.05) is 80.6 Å². The number of anilines is 1. The topological polar surface area (TPSA) is 96.0 Å². The van der Waals surface area contributed by atoms with Crippen molar-refractivity contribution in [2.24, 2.45) is 0 Å². The number of nitrogens with one attached hydrogen (secondary N) is 1. The Morgan fingerprint density at radius 1 is 0.927 bits per heavy atom. The first-order valence-corrected chi connectivity index (χ1v) is 15.8. The van der Waals surface area contributed by atoms with Crippen molar-refractivity contribution < 1.29 is 22.7 Å². The fraction of sp³-hybridized carbons (Fsp3) is 0.375. The number of amides is 2. The van der Waals surface area contributed by atoms with Gasteiger partial charge in [-0.3, -0.25) is 13.9 Å². The molecule has 3 rings (SSSR count). The van der Waals surface area contributed by atoms with Gasteiger partial charge in [-0.15, -0.1) is 0 Å². The van der Waals surface area contributed by atoms with E-state index in [9.17, 15) is 18.0 Å². The second-order valence-corrected chi connectivity index (χ2v) is 11.9. The van der Waals surface area contributed by atoms with Crippen LogP contribution in [-0.2, 0) is 39.0 Å². The van der Waals surface area contributed by atoms with Crippen LogP contribution in [0.15, 0.2) is 78.9 Å². The number of rotatable bonds is 15. The second-order valence-electron chi connectivity index (χ2n) is 9.98. The number of methoxy groups -OCH3 is 1. The van der Waals surface area contributed by atoms with Crippen LogP contribution in [-0.4, -0.2) is 57.6 Å². The van der Waals surface area contributed by atoms with Crippen molar-refractivity contribution in [2.75, 3.05) is 30.8 Å². The summed E-state index contributed by atoms with van der Waals surface area (Å²) in [7, 11) is -2.25. The first-order chi connectivity index (χ1) is 19.7. The number of hydrogen-bond donors (Lipinski definition) is 1. The van der Waals surface area contributed by atoms with E-state index < -0.39 is 28.5 Å². The summed E-state index contributed by atoms with van der Waals surface area (Å²) in [5.41, 5.74) is 2.92. The highest BCUT2D eigenvalue weighted by atomic mass is 32.2.